The zero-order valence-electron chi connectivity index (χ0n) is 8.64. The zero-order valence-corrected chi connectivity index (χ0v) is 10.3. The highest BCUT2D eigenvalue weighted by atomic mass is 32.2. The molecule has 0 aliphatic carbocycles. The maximum absolute atomic E-state index is 11.9. The third-order valence-electron chi connectivity index (χ3n) is 2.39. The third-order valence-corrected chi connectivity index (χ3v) is 5.95. The Bertz CT molecular complexity index is 365. The summed E-state index contributed by atoms with van der Waals surface area (Å²) in [5.74, 6) is 2.76. The second-order valence-electron chi connectivity index (χ2n) is 3.38. The van der Waals surface area contributed by atoms with E-state index in [1.165, 1.54) is 0 Å². The lowest BCUT2D eigenvalue weighted by Crippen LogP contribution is -2.14. The van der Waals surface area contributed by atoms with Crippen molar-refractivity contribution < 1.29 is 8.95 Å². The van der Waals surface area contributed by atoms with Crippen molar-refractivity contribution in [3.05, 3.63) is 29.8 Å². The number of thioether (sulfide) groups is 1. The van der Waals surface area contributed by atoms with E-state index in [4.69, 9.17) is 4.74 Å². The highest BCUT2D eigenvalue weighted by Crippen LogP contribution is 2.40. The van der Waals surface area contributed by atoms with Crippen molar-refractivity contribution in [3.8, 4) is 5.75 Å². The highest BCUT2D eigenvalue weighted by molar-refractivity contribution is 8.11. The minimum Gasteiger partial charge on any atom is -0.496 e. The monoisotopic (exact) mass is 242 g/mol. The van der Waals surface area contributed by atoms with Crippen LogP contribution in [-0.2, 0) is 10.8 Å². The maximum Gasteiger partial charge on any atom is 0.124 e. The summed E-state index contributed by atoms with van der Waals surface area (Å²) in [4.78, 5) is 0. The minimum atomic E-state index is -0.758. The van der Waals surface area contributed by atoms with Gasteiger partial charge in [-0.15, -0.1) is 11.8 Å². The van der Waals surface area contributed by atoms with Crippen LogP contribution in [-0.4, -0.2) is 22.8 Å². The fraction of sp³-hybridized carbons (Fsp3) is 0.455. The van der Waals surface area contributed by atoms with Crippen molar-refractivity contribution in [2.24, 2.45) is 0 Å². The lowest BCUT2D eigenvalue weighted by Gasteiger charge is -2.22. The molecule has 0 N–H and O–H groups in total. The molecule has 0 radical (unpaired) electrons. The number of ether oxygens (including phenoxy) is 1. The summed E-state index contributed by atoms with van der Waals surface area (Å²) in [5, 5.41) is 0. The van der Waals surface area contributed by atoms with Crippen LogP contribution in [0.15, 0.2) is 24.3 Å². The van der Waals surface area contributed by atoms with Crippen LogP contribution in [0.2, 0.25) is 0 Å². The Morgan fingerprint density at radius 3 is 3.00 bits per heavy atom. The van der Waals surface area contributed by atoms with Gasteiger partial charge in [0.25, 0.3) is 0 Å². The van der Waals surface area contributed by atoms with Gasteiger partial charge in [0.05, 0.1) is 7.11 Å². The van der Waals surface area contributed by atoms with Crippen LogP contribution in [0.5, 0.6) is 5.75 Å². The van der Waals surface area contributed by atoms with Crippen LogP contribution in [0.4, 0.5) is 0 Å². The van der Waals surface area contributed by atoms with Gasteiger partial charge in [-0.1, -0.05) is 18.2 Å². The van der Waals surface area contributed by atoms with Gasteiger partial charge in [0.1, 0.15) is 10.3 Å². The maximum atomic E-state index is 11.9. The average Bonchev–Trinajstić information content (AvgIpc) is 2.30. The summed E-state index contributed by atoms with van der Waals surface area (Å²) in [6.07, 6.45) is 1.06. The number of hydrogen-bond acceptors (Lipinski definition) is 3. The minimum absolute atomic E-state index is 0.0925. The second-order valence-corrected chi connectivity index (χ2v) is 6.54. The average molecular weight is 242 g/mol. The van der Waals surface area contributed by atoms with Crippen LogP contribution in [0.1, 0.15) is 16.6 Å². The van der Waals surface area contributed by atoms with Crippen LogP contribution in [0, 0.1) is 0 Å². The quantitative estimate of drug-likeness (QED) is 0.797. The van der Waals surface area contributed by atoms with E-state index >= 15 is 0 Å². The Labute approximate surface area is 96.9 Å². The van der Waals surface area contributed by atoms with Gasteiger partial charge in [-0.25, -0.2) is 0 Å². The Hall–Kier alpha value is -0.480. The number of para-hydroxylation sites is 1. The lowest BCUT2D eigenvalue weighted by molar-refractivity contribution is 0.411. The van der Waals surface area contributed by atoms with Crippen molar-refractivity contribution in [1.29, 1.82) is 0 Å². The molecule has 0 spiro atoms. The molecule has 1 heterocycles. The number of methoxy groups -OCH3 is 1. The second kappa shape index (κ2) is 5.03. The lowest BCUT2D eigenvalue weighted by atomic mass is 10.2. The summed E-state index contributed by atoms with van der Waals surface area (Å²) in [6.45, 7) is 0. The molecule has 1 fully saturated rings. The normalized spacial score (nSPS) is 26.2. The third kappa shape index (κ3) is 2.37. The van der Waals surface area contributed by atoms with E-state index in [1.807, 2.05) is 24.3 Å². The van der Waals surface area contributed by atoms with Crippen LogP contribution in [0.25, 0.3) is 0 Å². The molecule has 0 bridgehead atoms. The number of rotatable bonds is 2. The van der Waals surface area contributed by atoms with Crippen molar-refractivity contribution in [2.75, 3.05) is 18.6 Å². The summed E-state index contributed by atoms with van der Waals surface area (Å²) in [6, 6.07) is 7.87. The van der Waals surface area contributed by atoms with Crippen LogP contribution < -0.4 is 4.74 Å². The van der Waals surface area contributed by atoms with Gasteiger partial charge < -0.3 is 4.74 Å². The van der Waals surface area contributed by atoms with Gasteiger partial charge >= 0.3 is 0 Å². The topological polar surface area (TPSA) is 26.3 Å². The molecule has 82 valence electrons. The molecular weight excluding hydrogens is 228 g/mol. The van der Waals surface area contributed by atoms with Gasteiger partial charge in [-0.05, 0) is 18.2 Å². The summed E-state index contributed by atoms with van der Waals surface area (Å²) >= 11 is 1.77. The standard InChI is InChI=1S/C11H14O2S2/c1-13-10-6-3-2-5-9(10)11-14-7-4-8-15(11)12/h2-3,5-6,11H,4,7-8H2,1H3. The van der Waals surface area contributed by atoms with E-state index in [1.54, 1.807) is 18.9 Å². The molecule has 1 saturated heterocycles. The molecule has 1 aromatic carbocycles. The molecule has 0 aromatic heterocycles. The molecule has 1 aliphatic rings. The predicted molar refractivity (Wildman–Crippen MR) is 65.8 cm³/mol. The molecule has 2 nitrogen and oxygen atoms in total. The molecule has 2 atom stereocenters. The molecule has 15 heavy (non-hydrogen) atoms. The predicted octanol–water partition coefficient (Wildman–Crippen LogP) is 2.58. The van der Waals surface area contributed by atoms with Gasteiger partial charge in [-0.2, -0.15) is 0 Å². The number of hydrogen-bond donors (Lipinski definition) is 0. The Morgan fingerprint density at radius 2 is 2.27 bits per heavy atom. The molecule has 1 aromatic rings. The van der Waals surface area contributed by atoms with Crippen LogP contribution in [0.3, 0.4) is 0 Å². The highest BCUT2D eigenvalue weighted by Gasteiger charge is 2.25. The summed E-state index contributed by atoms with van der Waals surface area (Å²) < 4.78 is 17.3. The van der Waals surface area contributed by atoms with Crippen molar-refractivity contribution in [1.82, 2.24) is 0 Å². The van der Waals surface area contributed by atoms with E-state index < -0.39 is 10.8 Å². The summed E-state index contributed by atoms with van der Waals surface area (Å²) in [5.41, 5.74) is 1.07. The molecule has 1 aliphatic heterocycles. The van der Waals surface area contributed by atoms with E-state index in [9.17, 15) is 4.21 Å². The largest absolute Gasteiger partial charge is 0.496 e. The first-order valence-electron chi connectivity index (χ1n) is 4.94. The Morgan fingerprint density at radius 1 is 1.47 bits per heavy atom. The van der Waals surface area contributed by atoms with Gasteiger partial charge in [-0.3, -0.25) is 4.21 Å². The van der Waals surface area contributed by atoms with Gasteiger partial charge in [0.15, 0.2) is 0 Å². The molecular formula is C11H14O2S2. The molecule has 0 saturated carbocycles. The molecule has 2 rings (SSSR count). The van der Waals surface area contributed by atoms with E-state index in [0.29, 0.717) is 0 Å². The van der Waals surface area contributed by atoms with Crippen molar-refractivity contribution in [2.45, 2.75) is 11.0 Å². The summed E-state index contributed by atoms with van der Waals surface area (Å²) in [7, 11) is 0.904. The fourth-order valence-corrected chi connectivity index (χ4v) is 5.05. The first-order valence-corrected chi connectivity index (χ1v) is 7.37. The Kier molecular flexibility index (Phi) is 3.70. The van der Waals surface area contributed by atoms with Gasteiger partial charge in [0, 0.05) is 22.1 Å². The first-order chi connectivity index (χ1) is 7.33. The smallest absolute Gasteiger partial charge is 0.124 e. The zero-order chi connectivity index (χ0) is 10.7. The van der Waals surface area contributed by atoms with E-state index in [2.05, 4.69) is 0 Å². The van der Waals surface area contributed by atoms with Gasteiger partial charge in [0.2, 0.25) is 0 Å². The SMILES string of the molecule is COc1ccccc1C1SCCCS1=O. The first kappa shape index (κ1) is 11.0. The van der Waals surface area contributed by atoms with E-state index in [-0.39, 0.29) is 4.58 Å². The number of benzene rings is 1. The van der Waals surface area contributed by atoms with Crippen molar-refractivity contribution in [3.63, 3.8) is 0 Å². The fourth-order valence-electron chi connectivity index (χ4n) is 1.67. The molecule has 0 amide bonds. The van der Waals surface area contributed by atoms with Crippen LogP contribution >= 0.6 is 11.8 Å². The molecule has 2 unspecified atom stereocenters. The van der Waals surface area contributed by atoms with E-state index in [0.717, 1.165) is 29.2 Å². The Balaban J connectivity index is 2.30. The van der Waals surface area contributed by atoms with Crippen molar-refractivity contribution >= 4 is 22.6 Å². The molecule has 4 heteroatoms.